The Balaban J connectivity index is 1.77. The molecule has 0 amide bonds. The first kappa shape index (κ1) is 10.7. The first-order valence-electron chi connectivity index (χ1n) is 4.43. The molecule has 13 heavy (non-hydrogen) atoms. The molecule has 1 heterocycles. The van der Waals surface area contributed by atoms with E-state index >= 15 is 0 Å². The fourth-order valence-corrected chi connectivity index (χ4v) is 0.982. The highest BCUT2D eigenvalue weighted by molar-refractivity contribution is 4.97. The average molecular weight is 188 g/mol. The van der Waals surface area contributed by atoms with E-state index in [4.69, 9.17) is 19.3 Å². The quantitative estimate of drug-likeness (QED) is 0.330. The summed E-state index contributed by atoms with van der Waals surface area (Å²) >= 11 is 0. The molecule has 1 aliphatic rings. The maximum Gasteiger partial charge on any atom is 0.111 e. The molecule has 0 spiro atoms. The van der Waals surface area contributed by atoms with Crippen LogP contribution in [0.2, 0.25) is 0 Å². The summed E-state index contributed by atoms with van der Waals surface area (Å²) in [4.78, 5) is 0. The lowest BCUT2D eigenvalue weighted by molar-refractivity contribution is 0.0288. The Morgan fingerprint density at radius 1 is 1.31 bits per heavy atom. The third-order valence-corrected chi connectivity index (χ3v) is 1.74. The highest BCUT2D eigenvalue weighted by Crippen LogP contribution is 2.22. The first-order valence-corrected chi connectivity index (χ1v) is 4.43. The van der Waals surface area contributed by atoms with E-state index in [1.54, 1.807) is 6.08 Å². The molecular formula is C9H16O4. The third-order valence-electron chi connectivity index (χ3n) is 1.74. The Morgan fingerprint density at radius 3 is 2.69 bits per heavy atom. The van der Waals surface area contributed by atoms with Gasteiger partial charge in [-0.1, -0.05) is 6.08 Å². The maximum absolute atomic E-state index is 8.39. The van der Waals surface area contributed by atoms with Crippen molar-refractivity contribution >= 4 is 0 Å². The monoisotopic (exact) mass is 188 g/mol. The molecule has 0 aromatic heterocycles. The SMILES string of the molecule is C=C[C@@H]1O[C@@H]1COCCOCCO. The van der Waals surface area contributed by atoms with Crippen LogP contribution in [0.3, 0.4) is 0 Å². The van der Waals surface area contributed by atoms with Gasteiger partial charge in [0.05, 0.1) is 33.0 Å². The van der Waals surface area contributed by atoms with Crippen molar-refractivity contribution in [2.45, 2.75) is 12.2 Å². The van der Waals surface area contributed by atoms with E-state index in [2.05, 4.69) is 6.58 Å². The second-order valence-corrected chi connectivity index (χ2v) is 2.79. The van der Waals surface area contributed by atoms with Crippen molar-refractivity contribution in [1.29, 1.82) is 0 Å². The number of rotatable bonds is 8. The lowest BCUT2D eigenvalue weighted by Crippen LogP contribution is -2.10. The molecule has 4 nitrogen and oxygen atoms in total. The lowest BCUT2D eigenvalue weighted by Gasteiger charge is -2.02. The van der Waals surface area contributed by atoms with Gasteiger partial charge in [-0.15, -0.1) is 6.58 Å². The summed E-state index contributed by atoms with van der Waals surface area (Å²) in [5.74, 6) is 0. The molecular weight excluding hydrogens is 172 g/mol. The molecule has 0 bridgehead atoms. The number of aliphatic hydroxyl groups is 1. The van der Waals surface area contributed by atoms with Crippen molar-refractivity contribution in [1.82, 2.24) is 0 Å². The fourth-order valence-electron chi connectivity index (χ4n) is 0.982. The number of hydrogen-bond donors (Lipinski definition) is 1. The Bertz CT molecular complexity index is 149. The third kappa shape index (κ3) is 4.38. The first-order chi connectivity index (χ1) is 6.38. The van der Waals surface area contributed by atoms with Crippen LogP contribution < -0.4 is 0 Å². The van der Waals surface area contributed by atoms with Crippen LogP contribution in [-0.4, -0.2) is 50.3 Å². The Morgan fingerprint density at radius 2 is 2.08 bits per heavy atom. The van der Waals surface area contributed by atoms with Crippen molar-refractivity contribution < 1.29 is 19.3 Å². The predicted molar refractivity (Wildman–Crippen MR) is 47.6 cm³/mol. The summed E-state index contributed by atoms with van der Waals surface area (Å²) in [6, 6.07) is 0. The zero-order chi connectivity index (χ0) is 9.52. The standard InChI is InChI=1S/C9H16O4/c1-2-8-9(13-8)7-12-6-5-11-4-3-10/h2,8-10H,1,3-7H2/t8-,9+/m0/s1. The van der Waals surface area contributed by atoms with Crippen LogP contribution in [0.15, 0.2) is 12.7 Å². The minimum Gasteiger partial charge on any atom is -0.394 e. The van der Waals surface area contributed by atoms with Crippen molar-refractivity contribution in [3.05, 3.63) is 12.7 Å². The fraction of sp³-hybridized carbons (Fsp3) is 0.778. The average Bonchev–Trinajstić information content (AvgIpc) is 2.90. The van der Waals surface area contributed by atoms with Crippen molar-refractivity contribution in [2.24, 2.45) is 0 Å². The molecule has 1 rings (SSSR count). The van der Waals surface area contributed by atoms with E-state index in [-0.39, 0.29) is 18.8 Å². The molecule has 0 unspecified atom stereocenters. The second-order valence-electron chi connectivity index (χ2n) is 2.79. The van der Waals surface area contributed by atoms with E-state index in [1.807, 2.05) is 0 Å². The molecule has 0 aliphatic carbocycles. The highest BCUT2D eigenvalue weighted by atomic mass is 16.6. The Labute approximate surface area is 78.1 Å². The van der Waals surface area contributed by atoms with Crippen LogP contribution in [-0.2, 0) is 14.2 Å². The molecule has 1 N–H and O–H groups in total. The van der Waals surface area contributed by atoms with Crippen LogP contribution in [0.1, 0.15) is 0 Å². The summed E-state index contributed by atoms with van der Waals surface area (Å²) in [5, 5.41) is 8.39. The van der Waals surface area contributed by atoms with Gasteiger partial charge in [0.2, 0.25) is 0 Å². The van der Waals surface area contributed by atoms with Crippen LogP contribution in [0, 0.1) is 0 Å². The molecule has 0 radical (unpaired) electrons. The Hall–Kier alpha value is -0.420. The summed E-state index contributed by atoms with van der Waals surface area (Å²) in [6.07, 6.45) is 2.14. The van der Waals surface area contributed by atoms with Crippen LogP contribution >= 0.6 is 0 Å². The van der Waals surface area contributed by atoms with Gasteiger partial charge in [0.1, 0.15) is 12.2 Å². The topological polar surface area (TPSA) is 51.2 Å². The minimum absolute atomic E-state index is 0.0598. The summed E-state index contributed by atoms with van der Waals surface area (Å²) in [6.45, 7) is 5.70. The molecule has 1 aliphatic heterocycles. The van der Waals surface area contributed by atoms with Gasteiger partial charge < -0.3 is 19.3 Å². The van der Waals surface area contributed by atoms with Gasteiger partial charge in [0, 0.05) is 0 Å². The molecule has 76 valence electrons. The predicted octanol–water partition coefficient (Wildman–Crippen LogP) is -0.0347. The van der Waals surface area contributed by atoms with Gasteiger partial charge in [-0.05, 0) is 0 Å². The molecule has 1 fully saturated rings. The highest BCUT2D eigenvalue weighted by Gasteiger charge is 2.35. The minimum atomic E-state index is 0.0598. The zero-order valence-corrected chi connectivity index (χ0v) is 7.65. The van der Waals surface area contributed by atoms with Gasteiger partial charge in [-0.25, -0.2) is 0 Å². The van der Waals surface area contributed by atoms with Gasteiger partial charge >= 0.3 is 0 Å². The van der Waals surface area contributed by atoms with E-state index in [1.165, 1.54) is 0 Å². The van der Waals surface area contributed by atoms with Crippen LogP contribution in [0.4, 0.5) is 0 Å². The molecule has 0 aromatic carbocycles. The van der Waals surface area contributed by atoms with Crippen LogP contribution in [0.5, 0.6) is 0 Å². The van der Waals surface area contributed by atoms with Crippen molar-refractivity contribution in [2.75, 3.05) is 33.0 Å². The number of aliphatic hydroxyl groups excluding tert-OH is 1. The van der Waals surface area contributed by atoms with E-state index in [9.17, 15) is 0 Å². The molecule has 0 saturated carbocycles. The van der Waals surface area contributed by atoms with E-state index in [0.29, 0.717) is 26.4 Å². The van der Waals surface area contributed by atoms with Crippen LogP contribution in [0.25, 0.3) is 0 Å². The molecule has 4 heteroatoms. The molecule has 2 atom stereocenters. The van der Waals surface area contributed by atoms with E-state index in [0.717, 1.165) is 0 Å². The van der Waals surface area contributed by atoms with Crippen molar-refractivity contribution in [3.8, 4) is 0 Å². The number of hydrogen-bond acceptors (Lipinski definition) is 4. The second kappa shape index (κ2) is 6.10. The van der Waals surface area contributed by atoms with E-state index < -0.39 is 0 Å². The normalized spacial score (nSPS) is 25.9. The zero-order valence-electron chi connectivity index (χ0n) is 7.65. The summed E-state index contributed by atoms with van der Waals surface area (Å²) in [7, 11) is 0. The van der Waals surface area contributed by atoms with Gasteiger partial charge in [0.25, 0.3) is 0 Å². The maximum atomic E-state index is 8.39. The largest absolute Gasteiger partial charge is 0.394 e. The summed E-state index contributed by atoms with van der Waals surface area (Å²) in [5.41, 5.74) is 0. The van der Waals surface area contributed by atoms with Gasteiger partial charge in [0.15, 0.2) is 0 Å². The number of epoxide rings is 1. The lowest BCUT2D eigenvalue weighted by atomic mass is 10.3. The van der Waals surface area contributed by atoms with Gasteiger partial charge in [-0.3, -0.25) is 0 Å². The molecule has 0 aromatic rings. The summed E-state index contributed by atoms with van der Waals surface area (Å²) < 4.78 is 15.4. The molecule has 1 saturated heterocycles. The smallest absolute Gasteiger partial charge is 0.111 e. The number of ether oxygens (including phenoxy) is 3. The Kier molecular flexibility index (Phi) is 5.00. The van der Waals surface area contributed by atoms with Crippen molar-refractivity contribution in [3.63, 3.8) is 0 Å². The van der Waals surface area contributed by atoms with Gasteiger partial charge in [-0.2, -0.15) is 0 Å².